The number of rotatable bonds is 5. The number of aromatic nitrogens is 1. The zero-order valence-electron chi connectivity index (χ0n) is 10.5. The zero-order valence-corrected chi connectivity index (χ0v) is 10.5. The number of benzene rings is 1. The summed E-state index contributed by atoms with van der Waals surface area (Å²) in [5.74, 6) is -0.295. The fourth-order valence-electron chi connectivity index (χ4n) is 1.60. The van der Waals surface area contributed by atoms with Gasteiger partial charge in [-0.3, -0.25) is 9.78 Å². The Labute approximate surface area is 112 Å². The minimum atomic E-state index is -0.295. The molecule has 0 fully saturated rings. The van der Waals surface area contributed by atoms with Crippen LogP contribution in [0.4, 0.5) is 0 Å². The van der Waals surface area contributed by atoms with Gasteiger partial charge < -0.3 is 0 Å². The smallest absolute Gasteiger partial charge is 0.266 e. The number of nitrogens with zero attached hydrogens (tertiary/aromatic N) is 2. The predicted octanol–water partition coefficient (Wildman–Crippen LogP) is 2.43. The first-order valence-electron chi connectivity index (χ1n) is 6.13. The standard InChI is InChI=1S/C15H15N3O/c19-15(14-10-4-5-11-16-14)18-17-12-6-9-13-7-2-1-3-8-13/h1-5,7-8,10-12H,6,9H2,(H,18,19)/b17-12-. The van der Waals surface area contributed by atoms with E-state index in [4.69, 9.17) is 0 Å². The molecule has 0 spiro atoms. The predicted molar refractivity (Wildman–Crippen MR) is 75.0 cm³/mol. The fourth-order valence-corrected chi connectivity index (χ4v) is 1.60. The number of hydrogen-bond donors (Lipinski definition) is 1. The summed E-state index contributed by atoms with van der Waals surface area (Å²) in [6.07, 6.45) is 4.97. The summed E-state index contributed by atoms with van der Waals surface area (Å²) in [6, 6.07) is 15.3. The van der Waals surface area contributed by atoms with E-state index >= 15 is 0 Å². The maximum absolute atomic E-state index is 11.6. The SMILES string of the molecule is O=C(N/N=C\CCc1ccccc1)c1ccccn1. The first kappa shape index (κ1) is 13.0. The quantitative estimate of drug-likeness (QED) is 0.657. The van der Waals surface area contributed by atoms with Crippen molar-refractivity contribution in [1.29, 1.82) is 0 Å². The molecule has 1 N–H and O–H groups in total. The second-order valence-electron chi connectivity index (χ2n) is 3.99. The van der Waals surface area contributed by atoms with Crippen molar-refractivity contribution in [2.24, 2.45) is 5.10 Å². The van der Waals surface area contributed by atoms with Gasteiger partial charge in [-0.1, -0.05) is 36.4 Å². The summed E-state index contributed by atoms with van der Waals surface area (Å²) in [5, 5.41) is 3.90. The Morgan fingerprint density at radius 1 is 1.16 bits per heavy atom. The highest BCUT2D eigenvalue weighted by atomic mass is 16.2. The molecule has 1 aromatic carbocycles. The van der Waals surface area contributed by atoms with Gasteiger partial charge in [-0.25, -0.2) is 5.43 Å². The third-order valence-corrected chi connectivity index (χ3v) is 2.56. The number of carbonyl (C=O) groups is 1. The molecular formula is C15H15N3O. The highest BCUT2D eigenvalue weighted by Crippen LogP contribution is 2.00. The van der Waals surface area contributed by atoms with Gasteiger partial charge in [-0.2, -0.15) is 5.10 Å². The average Bonchev–Trinajstić information content (AvgIpc) is 2.49. The molecule has 0 saturated carbocycles. The molecule has 4 heteroatoms. The summed E-state index contributed by atoms with van der Waals surface area (Å²) >= 11 is 0. The molecular weight excluding hydrogens is 238 g/mol. The Hall–Kier alpha value is -2.49. The highest BCUT2D eigenvalue weighted by molar-refractivity contribution is 5.92. The Kier molecular flexibility index (Phi) is 4.81. The molecule has 2 aromatic rings. The van der Waals surface area contributed by atoms with Gasteiger partial charge in [0.15, 0.2) is 0 Å². The second-order valence-corrected chi connectivity index (χ2v) is 3.99. The van der Waals surface area contributed by atoms with Crippen molar-refractivity contribution in [1.82, 2.24) is 10.4 Å². The topological polar surface area (TPSA) is 54.4 Å². The van der Waals surface area contributed by atoms with Crippen molar-refractivity contribution in [2.75, 3.05) is 0 Å². The van der Waals surface area contributed by atoms with Crippen molar-refractivity contribution >= 4 is 12.1 Å². The Morgan fingerprint density at radius 2 is 1.95 bits per heavy atom. The summed E-state index contributed by atoms with van der Waals surface area (Å²) in [5.41, 5.74) is 4.07. The van der Waals surface area contributed by atoms with Gasteiger partial charge in [0.2, 0.25) is 0 Å². The highest BCUT2D eigenvalue weighted by Gasteiger charge is 2.02. The fraction of sp³-hybridized carbons (Fsp3) is 0.133. The summed E-state index contributed by atoms with van der Waals surface area (Å²) in [7, 11) is 0. The number of pyridine rings is 1. The van der Waals surface area contributed by atoms with Crippen LogP contribution in [0.1, 0.15) is 22.5 Å². The van der Waals surface area contributed by atoms with Gasteiger partial charge in [0.05, 0.1) is 0 Å². The normalized spacial score (nSPS) is 10.5. The monoisotopic (exact) mass is 253 g/mol. The van der Waals surface area contributed by atoms with Crippen LogP contribution in [-0.4, -0.2) is 17.1 Å². The molecule has 0 saturated heterocycles. The average molecular weight is 253 g/mol. The van der Waals surface area contributed by atoms with Gasteiger partial charge in [0.25, 0.3) is 5.91 Å². The van der Waals surface area contributed by atoms with Crippen LogP contribution in [0.15, 0.2) is 59.8 Å². The zero-order chi connectivity index (χ0) is 13.3. The van der Waals surface area contributed by atoms with Gasteiger partial charge in [0, 0.05) is 12.4 Å². The van der Waals surface area contributed by atoms with Gasteiger partial charge in [0.1, 0.15) is 5.69 Å². The van der Waals surface area contributed by atoms with E-state index in [0.29, 0.717) is 5.69 Å². The lowest BCUT2D eigenvalue weighted by atomic mass is 10.1. The Bertz CT molecular complexity index is 538. The van der Waals surface area contributed by atoms with E-state index in [9.17, 15) is 4.79 Å². The van der Waals surface area contributed by atoms with Crippen LogP contribution >= 0.6 is 0 Å². The maximum Gasteiger partial charge on any atom is 0.289 e. The molecule has 4 nitrogen and oxygen atoms in total. The van der Waals surface area contributed by atoms with Crippen LogP contribution in [0.3, 0.4) is 0 Å². The molecule has 1 heterocycles. The van der Waals surface area contributed by atoms with Gasteiger partial charge >= 0.3 is 0 Å². The first-order valence-corrected chi connectivity index (χ1v) is 6.13. The number of hydrazone groups is 1. The molecule has 2 rings (SSSR count). The number of hydrogen-bond acceptors (Lipinski definition) is 3. The van der Waals surface area contributed by atoms with Crippen LogP contribution < -0.4 is 5.43 Å². The number of amides is 1. The van der Waals surface area contributed by atoms with E-state index in [1.54, 1.807) is 30.6 Å². The van der Waals surface area contributed by atoms with Crippen LogP contribution in [0.25, 0.3) is 0 Å². The molecule has 1 aromatic heterocycles. The summed E-state index contributed by atoms with van der Waals surface area (Å²) in [6.45, 7) is 0. The summed E-state index contributed by atoms with van der Waals surface area (Å²) < 4.78 is 0. The van der Waals surface area contributed by atoms with E-state index in [1.807, 2.05) is 18.2 Å². The summed E-state index contributed by atoms with van der Waals surface area (Å²) in [4.78, 5) is 15.5. The van der Waals surface area contributed by atoms with Crippen LogP contribution in [-0.2, 0) is 6.42 Å². The molecule has 0 unspecified atom stereocenters. The Morgan fingerprint density at radius 3 is 2.68 bits per heavy atom. The molecule has 19 heavy (non-hydrogen) atoms. The van der Waals surface area contributed by atoms with E-state index < -0.39 is 0 Å². The van der Waals surface area contributed by atoms with Gasteiger partial charge in [-0.05, 0) is 30.5 Å². The lowest BCUT2D eigenvalue weighted by molar-refractivity contribution is 0.0950. The van der Waals surface area contributed by atoms with E-state index in [2.05, 4.69) is 27.6 Å². The van der Waals surface area contributed by atoms with Crippen molar-refractivity contribution in [3.05, 3.63) is 66.0 Å². The van der Waals surface area contributed by atoms with Crippen molar-refractivity contribution in [3.8, 4) is 0 Å². The maximum atomic E-state index is 11.6. The van der Waals surface area contributed by atoms with Crippen LogP contribution in [0, 0.1) is 0 Å². The van der Waals surface area contributed by atoms with Crippen LogP contribution in [0.2, 0.25) is 0 Å². The largest absolute Gasteiger partial charge is 0.289 e. The van der Waals surface area contributed by atoms with Gasteiger partial charge in [-0.15, -0.1) is 0 Å². The minimum absolute atomic E-state index is 0.295. The Balaban J connectivity index is 1.74. The third kappa shape index (κ3) is 4.35. The molecule has 0 aliphatic heterocycles. The number of aryl methyl sites for hydroxylation is 1. The molecule has 0 bridgehead atoms. The minimum Gasteiger partial charge on any atom is -0.266 e. The van der Waals surface area contributed by atoms with Crippen LogP contribution in [0.5, 0.6) is 0 Å². The van der Waals surface area contributed by atoms with E-state index in [1.165, 1.54) is 5.56 Å². The third-order valence-electron chi connectivity index (χ3n) is 2.56. The molecule has 1 amide bonds. The molecule has 96 valence electrons. The molecule has 0 radical (unpaired) electrons. The van der Waals surface area contributed by atoms with E-state index in [0.717, 1.165) is 12.8 Å². The second kappa shape index (κ2) is 7.06. The first-order chi connectivity index (χ1) is 9.36. The lowest BCUT2D eigenvalue weighted by Gasteiger charge is -1.98. The molecule has 0 aliphatic rings. The number of carbonyl (C=O) groups excluding carboxylic acids is 1. The van der Waals surface area contributed by atoms with Crippen molar-refractivity contribution in [3.63, 3.8) is 0 Å². The van der Waals surface area contributed by atoms with Crippen molar-refractivity contribution in [2.45, 2.75) is 12.8 Å². The molecule has 0 aliphatic carbocycles. The lowest BCUT2D eigenvalue weighted by Crippen LogP contribution is -2.18. The number of nitrogens with one attached hydrogen (secondary N) is 1. The molecule has 0 atom stereocenters. The van der Waals surface area contributed by atoms with Crippen molar-refractivity contribution < 1.29 is 4.79 Å². The van der Waals surface area contributed by atoms with E-state index in [-0.39, 0.29) is 5.91 Å².